The zero-order valence-electron chi connectivity index (χ0n) is 16.0. The lowest BCUT2D eigenvalue weighted by atomic mass is 9.94. The molecule has 0 bridgehead atoms. The molecule has 0 aromatic heterocycles. The van der Waals surface area contributed by atoms with E-state index in [1.807, 2.05) is 25.7 Å². The van der Waals surface area contributed by atoms with E-state index in [1.165, 1.54) is 0 Å². The highest BCUT2D eigenvalue weighted by Crippen LogP contribution is 2.18. The molecule has 0 aliphatic carbocycles. The van der Waals surface area contributed by atoms with E-state index in [0.717, 1.165) is 32.5 Å². The van der Waals surface area contributed by atoms with Gasteiger partial charge in [0.25, 0.3) is 0 Å². The Morgan fingerprint density at radius 3 is 1.96 bits per heavy atom. The van der Waals surface area contributed by atoms with Crippen molar-refractivity contribution in [1.82, 2.24) is 9.80 Å². The fourth-order valence-electron chi connectivity index (χ4n) is 2.43. The number of rotatable bonds is 11. The first-order chi connectivity index (χ1) is 10.8. The second-order valence-electron chi connectivity index (χ2n) is 6.83. The van der Waals surface area contributed by atoms with Crippen LogP contribution in [0.25, 0.3) is 0 Å². The van der Waals surface area contributed by atoms with Crippen molar-refractivity contribution in [2.45, 2.75) is 60.8 Å². The molecule has 0 atom stereocenters. The van der Waals surface area contributed by atoms with E-state index in [4.69, 9.17) is 4.74 Å². The molecule has 0 saturated heterocycles. The van der Waals surface area contributed by atoms with E-state index in [-0.39, 0.29) is 18.3 Å². The van der Waals surface area contributed by atoms with Crippen LogP contribution < -0.4 is 0 Å². The van der Waals surface area contributed by atoms with Crippen molar-refractivity contribution < 1.29 is 14.3 Å². The Morgan fingerprint density at radius 1 is 0.913 bits per heavy atom. The fourth-order valence-corrected chi connectivity index (χ4v) is 2.43. The summed E-state index contributed by atoms with van der Waals surface area (Å²) in [6.07, 6.45) is 2.29. The standard InChI is InChI=1S/C18H36N2O3/c1-7-19(8-2)13-10-11-14-20(17(22)18(4,5)6)15-12-16(21)23-9-3/h7-15H2,1-6H3. The Morgan fingerprint density at radius 2 is 1.48 bits per heavy atom. The van der Waals surface area contributed by atoms with Gasteiger partial charge in [0.2, 0.25) is 5.91 Å². The molecule has 0 N–H and O–H groups in total. The van der Waals surface area contributed by atoms with Crippen molar-refractivity contribution in [2.75, 3.05) is 39.3 Å². The molecular formula is C18H36N2O3. The van der Waals surface area contributed by atoms with Crippen LogP contribution in [0, 0.1) is 5.41 Å². The van der Waals surface area contributed by atoms with E-state index in [0.29, 0.717) is 19.7 Å². The summed E-state index contributed by atoms with van der Waals surface area (Å²) in [5, 5.41) is 0. The van der Waals surface area contributed by atoms with Gasteiger partial charge in [0.05, 0.1) is 13.0 Å². The maximum absolute atomic E-state index is 12.5. The summed E-state index contributed by atoms with van der Waals surface area (Å²) in [7, 11) is 0. The topological polar surface area (TPSA) is 49.9 Å². The van der Waals surface area contributed by atoms with Crippen molar-refractivity contribution in [3.63, 3.8) is 0 Å². The lowest BCUT2D eigenvalue weighted by Crippen LogP contribution is -2.41. The SMILES string of the molecule is CCOC(=O)CCN(CCCCN(CC)CC)C(=O)C(C)(C)C. The van der Waals surface area contributed by atoms with E-state index in [9.17, 15) is 9.59 Å². The van der Waals surface area contributed by atoms with Crippen LogP contribution in [0.15, 0.2) is 0 Å². The van der Waals surface area contributed by atoms with Gasteiger partial charge in [-0.25, -0.2) is 0 Å². The molecule has 0 spiro atoms. The van der Waals surface area contributed by atoms with Gasteiger partial charge in [-0.15, -0.1) is 0 Å². The van der Waals surface area contributed by atoms with Gasteiger partial charge >= 0.3 is 5.97 Å². The summed E-state index contributed by atoms with van der Waals surface area (Å²) in [6.45, 7) is 16.6. The number of esters is 1. The quantitative estimate of drug-likeness (QED) is 0.432. The average Bonchev–Trinajstić information content (AvgIpc) is 2.49. The summed E-state index contributed by atoms with van der Waals surface area (Å²) < 4.78 is 4.96. The lowest BCUT2D eigenvalue weighted by Gasteiger charge is -2.29. The molecule has 5 heteroatoms. The number of ether oxygens (including phenoxy) is 1. The molecule has 0 heterocycles. The zero-order chi connectivity index (χ0) is 17.9. The molecule has 0 saturated carbocycles. The van der Waals surface area contributed by atoms with Crippen LogP contribution in [0.1, 0.15) is 60.8 Å². The van der Waals surface area contributed by atoms with Crippen LogP contribution >= 0.6 is 0 Å². The number of hydrogen-bond donors (Lipinski definition) is 0. The van der Waals surface area contributed by atoms with Gasteiger partial charge in [-0.05, 0) is 39.4 Å². The first kappa shape index (κ1) is 21.9. The predicted octanol–water partition coefficient (Wildman–Crippen LogP) is 2.94. The van der Waals surface area contributed by atoms with Gasteiger partial charge in [-0.1, -0.05) is 34.6 Å². The van der Waals surface area contributed by atoms with Crippen molar-refractivity contribution in [1.29, 1.82) is 0 Å². The van der Waals surface area contributed by atoms with Crippen molar-refractivity contribution >= 4 is 11.9 Å². The van der Waals surface area contributed by atoms with Crippen LogP contribution in [0.4, 0.5) is 0 Å². The van der Waals surface area contributed by atoms with Crippen LogP contribution in [-0.4, -0.2) is 61.0 Å². The second-order valence-corrected chi connectivity index (χ2v) is 6.83. The maximum Gasteiger partial charge on any atom is 0.307 e. The highest BCUT2D eigenvalue weighted by Gasteiger charge is 2.27. The zero-order valence-corrected chi connectivity index (χ0v) is 16.0. The third-order valence-corrected chi connectivity index (χ3v) is 3.87. The smallest absolute Gasteiger partial charge is 0.307 e. The molecule has 0 aromatic carbocycles. The Bertz CT molecular complexity index is 347. The summed E-state index contributed by atoms with van der Waals surface area (Å²) in [6, 6.07) is 0. The van der Waals surface area contributed by atoms with E-state index in [2.05, 4.69) is 18.7 Å². The molecule has 0 aliphatic rings. The highest BCUT2D eigenvalue weighted by atomic mass is 16.5. The molecule has 0 fully saturated rings. The monoisotopic (exact) mass is 328 g/mol. The first-order valence-electron chi connectivity index (χ1n) is 8.93. The van der Waals surface area contributed by atoms with E-state index in [1.54, 1.807) is 6.92 Å². The molecule has 0 aliphatic heterocycles. The second kappa shape index (κ2) is 11.4. The molecule has 23 heavy (non-hydrogen) atoms. The average molecular weight is 328 g/mol. The van der Waals surface area contributed by atoms with E-state index >= 15 is 0 Å². The minimum Gasteiger partial charge on any atom is -0.466 e. The number of hydrogen-bond acceptors (Lipinski definition) is 4. The third-order valence-electron chi connectivity index (χ3n) is 3.87. The molecule has 0 unspecified atom stereocenters. The Balaban J connectivity index is 4.44. The number of unbranched alkanes of at least 4 members (excludes halogenated alkanes) is 1. The number of carbonyl (C=O) groups excluding carboxylic acids is 2. The molecule has 0 aromatic rings. The van der Waals surface area contributed by atoms with Gasteiger partial charge in [0.1, 0.15) is 0 Å². The number of carbonyl (C=O) groups is 2. The summed E-state index contributed by atoms with van der Waals surface area (Å²) in [4.78, 5) is 28.3. The van der Waals surface area contributed by atoms with Crippen molar-refractivity contribution in [2.24, 2.45) is 5.41 Å². The Labute approximate surface area is 142 Å². The van der Waals surface area contributed by atoms with Gasteiger partial charge in [0.15, 0.2) is 0 Å². The molecule has 136 valence electrons. The highest BCUT2D eigenvalue weighted by molar-refractivity contribution is 5.82. The molecule has 1 amide bonds. The van der Waals surface area contributed by atoms with Gasteiger partial charge in [0, 0.05) is 18.5 Å². The minimum absolute atomic E-state index is 0.102. The Hall–Kier alpha value is -1.10. The maximum atomic E-state index is 12.5. The molecule has 0 radical (unpaired) electrons. The third kappa shape index (κ3) is 9.59. The van der Waals surface area contributed by atoms with Gasteiger partial charge in [-0.2, -0.15) is 0 Å². The van der Waals surface area contributed by atoms with Gasteiger partial charge < -0.3 is 14.5 Å². The van der Waals surface area contributed by atoms with Crippen LogP contribution in [0.3, 0.4) is 0 Å². The van der Waals surface area contributed by atoms with Crippen molar-refractivity contribution in [3.05, 3.63) is 0 Å². The van der Waals surface area contributed by atoms with Crippen LogP contribution in [0.2, 0.25) is 0 Å². The summed E-state index contributed by atoms with van der Waals surface area (Å²) in [5.74, 6) is -0.132. The van der Waals surface area contributed by atoms with Crippen molar-refractivity contribution in [3.8, 4) is 0 Å². The summed E-state index contributed by atoms with van der Waals surface area (Å²) in [5.41, 5.74) is -0.423. The first-order valence-corrected chi connectivity index (χ1v) is 8.93. The number of nitrogens with zero attached hydrogens (tertiary/aromatic N) is 2. The van der Waals surface area contributed by atoms with Gasteiger partial charge in [-0.3, -0.25) is 9.59 Å². The minimum atomic E-state index is -0.423. The predicted molar refractivity (Wildman–Crippen MR) is 94.3 cm³/mol. The molecule has 0 rings (SSSR count). The molecule has 5 nitrogen and oxygen atoms in total. The normalized spacial score (nSPS) is 11.6. The van der Waals surface area contributed by atoms with Crippen LogP contribution in [0.5, 0.6) is 0 Å². The molecular weight excluding hydrogens is 292 g/mol. The fraction of sp³-hybridized carbons (Fsp3) is 0.889. The summed E-state index contributed by atoms with van der Waals surface area (Å²) >= 11 is 0. The Kier molecular flexibility index (Phi) is 10.9. The number of amides is 1. The van der Waals surface area contributed by atoms with Crippen LogP contribution in [-0.2, 0) is 14.3 Å². The van der Waals surface area contributed by atoms with E-state index < -0.39 is 5.41 Å². The largest absolute Gasteiger partial charge is 0.466 e. The lowest BCUT2D eigenvalue weighted by molar-refractivity contribution is -0.145.